The van der Waals surface area contributed by atoms with Crippen molar-refractivity contribution in [2.45, 2.75) is 32.8 Å². The van der Waals surface area contributed by atoms with Gasteiger partial charge in [-0.15, -0.1) is 0 Å². The van der Waals surface area contributed by atoms with Crippen molar-refractivity contribution in [2.24, 2.45) is 17.6 Å². The lowest BCUT2D eigenvalue weighted by Crippen LogP contribution is -2.47. The number of halogens is 1. The van der Waals surface area contributed by atoms with Crippen LogP contribution in [-0.2, 0) is 14.3 Å². The highest BCUT2D eigenvalue weighted by Gasteiger charge is 2.33. The Kier molecular flexibility index (Phi) is 7.39. The number of nitrogens with zero attached hydrogens (tertiary/aromatic N) is 1. The van der Waals surface area contributed by atoms with Gasteiger partial charge in [-0.25, -0.2) is 4.79 Å². The molecule has 1 saturated heterocycles. The van der Waals surface area contributed by atoms with Crippen molar-refractivity contribution in [3.63, 3.8) is 0 Å². The molecule has 1 aromatic rings. The zero-order valence-electron chi connectivity index (χ0n) is 15.8. The number of esters is 1. The van der Waals surface area contributed by atoms with Crippen LogP contribution in [0.1, 0.15) is 37.0 Å². The third kappa shape index (κ3) is 5.69. The fourth-order valence-corrected chi connectivity index (χ4v) is 3.13. The van der Waals surface area contributed by atoms with E-state index in [0.717, 1.165) is 0 Å². The molecule has 2 rings (SSSR count). The van der Waals surface area contributed by atoms with Crippen LogP contribution in [0.25, 0.3) is 0 Å². The molecule has 0 aromatic heterocycles. The summed E-state index contributed by atoms with van der Waals surface area (Å²) in [5, 5.41) is 2.49. The lowest BCUT2D eigenvalue weighted by Gasteiger charge is -2.32. The van der Waals surface area contributed by atoms with Gasteiger partial charge in [0.1, 0.15) is 0 Å². The Bertz CT molecular complexity index is 742. The highest BCUT2D eigenvalue weighted by atomic mass is 35.5. The number of carbonyl (C=O) groups is 4. The summed E-state index contributed by atoms with van der Waals surface area (Å²) in [7, 11) is 0. The molecular formula is C19H24ClN3O5. The van der Waals surface area contributed by atoms with Crippen LogP contribution in [0.5, 0.6) is 0 Å². The molecule has 1 aliphatic rings. The number of rotatable bonds is 5. The number of likely N-dealkylation sites (tertiary alicyclic amines) is 1. The van der Waals surface area contributed by atoms with Gasteiger partial charge in [0.05, 0.1) is 5.92 Å². The predicted octanol–water partition coefficient (Wildman–Crippen LogP) is 1.95. The van der Waals surface area contributed by atoms with Gasteiger partial charge < -0.3 is 15.4 Å². The van der Waals surface area contributed by atoms with Crippen LogP contribution in [0.3, 0.4) is 0 Å². The van der Waals surface area contributed by atoms with Crippen molar-refractivity contribution in [2.75, 3.05) is 13.1 Å². The van der Waals surface area contributed by atoms with E-state index >= 15 is 0 Å². The Morgan fingerprint density at radius 3 is 2.21 bits per heavy atom. The third-order valence-corrected chi connectivity index (χ3v) is 4.81. The molecule has 8 nitrogen and oxygen atoms in total. The Morgan fingerprint density at radius 1 is 1.14 bits per heavy atom. The number of carbonyl (C=O) groups excluding carboxylic acids is 4. The largest absolute Gasteiger partial charge is 0.452 e. The van der Waals surface area contributed by atoms with E-state index in [1.54, 1.807) is 43.0 Å². The van der Waals surface area contributed by atoms with Gasteiger partial charge in [-0.1, -0.05) is 25.4 Å². The van der Waals surface area contributed by atoms with Crippen LogP contribution in [0, 0.1) is 11.8 Å². The molecule has 4 amide bonds. The molecule has 28 heavy (non-hydrogen) atoms. The monoisotopic (exact) mass is 409 g/mol. The van der Waals surface area contributed by atoms with Gasteiger partial charge in [-0.2, -0.15) is 0 Å². The second-order valence-corrected chi connectivity index (χ2v) is 7.46. The van der Waals surface area contributed by atoms with Gasteiger partial charge in [0.15, 0.2) is 6.10 Å². The van der Waals surface area contributed by atoms with Crippen molar-refractivity contribution < 1.29 is 23.9 Å². The minimum atomic E-state index is -1.10. The van der Waals surface area contributed by atoms with E-state index in [9.17, 15) is 19.2 Å². The summed E-state index contributed by atoms with van der Waals surface area (Å²) in [5.74, 6) is -2.13. The Labute approximate surface area is 168 Å². The van der Waals surface area contributed by atoms with E-state index in [1.807, 2.05) is 5.32 Å². The van der Waals surface area contributed by atoms with Crippen molar-refractivity contribution in [1.29, 1.82) is 0 Å². The first-order chi connectivity index (χ1) is 13.2. The second-order valence-electron chi connectivity index (χ2n) is 7.03. The van der Waals surface area contributed by atoms with Crippen LogP contribution in [0.4, 0.5) is 4.79 Å². The summed E-state index contributed by atoms with van der Waals surface area (Å²) in [5.41, 5.74) is 5.48. The van der Waals surface area contributed by atoms with Crippen LogP contribution in [0.15, 0.2) is 24.3 Å². The first kappa shape index (κ1) is 21.7. The predicted molar refractivity (Wildman–Crippen MR) is 103 cm³/mol. The van der Waals surface area contributed by atoms with Crippen LogP contribution < -0.4 is 11.1 Å². The lowest BCUT2D eigenvalue weighted by atomic mass is 9.96. The third-order valence-electron chi connectivity index (χ3n) is 4.56. The molecular weight excluding hydrogens is 386 g/mol. The molecule has 1 atom stereocenters. The number of hydrogen-bond donors (Lipinski definition) is 2. The van der Waals surface area contributed by atoms with Crippen molar-refractivity contribution in [3.8, 4) is 0 Å². The summed E-state index contributed by atoms with van der Waals surface area (Å²) in [6.07, 6.45) is -0.241. The van der Waals surface area contributed by atoms with E-state index < -0.39 is 29.9 Å². The molecule has 0 bridgehead atoms. The number of nitrogens with two attached hydrogens (primary N) is 1. The SMILES string of the molecule is CC(C)[C@@H](OC(=O)C1CCN(C(=O)c2ccc(Cl)cc2)CC1)C(=O)NC(N)=O. The number of hydrogen-bond acceptors (Lipinski definition) is 5. The number of ether oxygens (including phenoxy) is 1. The van der Waals surface area contributed by atoms with Crippen molar-refractivity contribution in [3.05, 3.63) is 34.9 Å². The van der Waals surface area contributed by atoms with Gasteiger partial charge in [0.2, 0.25) is 0 Å². The van der Waals surface area contributed by atoms with Gasteiger partial charge in [-0.3, -0.25) is 19.7 Å². The maximum Gasteiger partial charge on any atom is 0.318 e. The van der Waals surface area contributed by atoms with E-state index in [1.165, 1.54) is 0 Å². The number of nitrogens with one attached hydrogen (secondary N) is 1. The average Bonchev–Trinajstić information content (AvgIpc) is 2.65. The van der Waals surface area contributed by atoms with E-state index in [4.69, 9.17) is 22.1 Å². The molecule has 1 fully saturated rings. The smallest absolute Gasteiger partial charge is 0.318 e. The lowest BCUT2D eigenvalue weighted by molar-refractivity contribution is -0.163. The van der Waals surface area contributed by atoms with Crippen molar-refractivity contribution >= 4 is 35.4 Å². The van der Waals surface area contributed by atoms with E-state index in [0.29, 0.717) is 36.5 Å². The fraction of sp³-hybridized carbons (Fsp3) is 0.474. The standard InChI is InChI=1S/C19H24ClN3O5/c1-11(2)15(16(24)22-19(21)27)28-18(26)13-7-9-23(10-8-13)17(25)12-3-5-14(20)6-4-12/h3-6,11,13,15H,7-10H2,1-2H3,(H3,21,22,24,27)/t15-/m1/s1. The Balaban J connectivity index is 1.91. The van der Waals surface area contributed by atoms with Gasteiger partial charge in [-0.05, 0) is 43.0 Å². The van der Waals surface area contributed by atoms with Gasteiger partial charge in [0.25, 0.3) is 11.8 Å². The first-order valence-corrected chi connectivity index (χ1v) is 9.42. The maximum absolute atomic E-state index is 12.5. The molecule has 1 aromatic carbocycles. The number of primary amides is 1. The summed E-state index contributed by atoms with van der Waals surface area (Å²) in [4.78, 5) is 49.5. The Hall–Kier alpha value is -2.61. The normalized spacial score (nSPS) is 15.8. The zero-order valence-corrected chi connectivity index (χ0v) is 16.6. The Morgan fingerprint density at radius 2 is 1.71 bits per heavy atom. The number of urea groups is 1. The molecule has 0 saturated carbocycles. The number of amides is 4. The summed E-state index contributed by atoms with van der Waals surface area (Å²) in [6, 6.07) is 5.63. The molecule has 152 valence electrons. The molecule has 1 heterocycles. The molecule has 0 radical (unpaired) electrons. The molecule has 1 aliphatic heterocycles. The first-order valence-electron chi connectivity index (χ1n) is 9.04. The molecule has 0 unspecified atom stereocenters. The number of imide groups is 1. The minimum Gasteiger partial charge on any atom is -0.452 e. The van der Waals surface area contributed by atoms with Crippen LogP contribution >= 0.6 is 11.6 Å². The van der Waals surface area contributed by atoms with Crippen LogP contribution in [-0.4, -0.2) is 47.9 Å². The number of piperidine rings is 1. The van der Waals surface area contributed by atoms with Gasteiger partial charge in [0, 0.05) is 23.7 Å². The maximum atomic E-state index is 12.5. The highest BCUT2D eigenvalue weighted by Crippen LogP contribution is 2.22. The topological polar surface area (TPSA) is 119 Å². The zero-order chi connectivity index (χ0) is 20.8. The molecule has 0 spiro atoms. The van der Waals surface area contributed by atoms with E-state index in [-0.39, 0.29) is 11.8 Å². The average molecular weight is 410 g/mol. The highest BCUT2D eigenvalue weighted by molar-refractivity contribution is 6.30. The second kappa shape index (κ2) is 9.54. The molecule has 3 N–H and O–H groups in total. The van der Waals surface area contributed by atoms with Crippen LogP contribution in [0.2, 0.25) is 5.02 Å². The quantitative estimate of drug-likeness (QED) is 0.720. The fourth-order valence-electron chi connectivity index (χ4n) is 3.00. The van der Waals surface area contributed by atoms with E-state index in [2.05, 4.69) is 0 Å². The summed E-state index contributed by atoms with van der Waals surface area (Å²) < 4.78 is 5.33. The summed E-state index contributed by atoms with van der Waals surface area (Å²) in [6.45, 7) is 4.21. The van der Waals surface area contributed by atoms with Crippen molar-refractivity contribution in [1.82, 2.24) is 10.2 Å². The molecule has 9 heteroatoms. The summed E-state index contributed by atoms with van der Waals surface area (Å²) >= 11 is 5.84. The van der Waals surface area contributed by atoms with Gasteiger partial charge >= 0.3 is 12.0 Å². The minimum absolute atomic E-state index is 0.121. The number of benzene rings is 1. The molecule has 0 aliphatic carbocycles.